The van der Waals surface area contributed by atoms with Crippen LogP contribution in [0, 0.1) is 11.3 Å². The molecular weight excluding hydrogens is 402 g/mol. The second-order valence-electron chi connectivity index (χ2n) is 6.56. The Hall–Kier alpha value is -2.89. The van der Waals surface area contributed by atoms with Crippen LogP contribution in [0.15, 0.2) is 58.4 Å². The lowest BCUT2D eigenvalue weighted by atomic mass is 10.1. The van der Waals surface area contributed by atoms with Crippen LogP contribution in [-0.4, -0.2) is 47.0 Å². The van der Waals surface area contributed by atoms with Crippen LogP contribution in [0.25, 0.3) is 0 Å². The number of hydrogen-bond donors (Lipinski definition) is 0. The second kappa shape index (κ2) is 9.07. The molecule has 1 saturated heterocycles. The number of thiazole rings is 1. The van der Waals surface area contributed by atoms with Gasteiger partial charge in [-0.1, -0.05) is 12.1 Å². The summed E-state index contributed by atoms with van der Waals surface area (Å²) in [6.07, 6.45) is 1.65. The van der Waals surface area contributed by atoms with Crippen molar-refractivity contribution in [3.63, 3.8) is 0 Å². The zero-order valence-electron chi connectivity index (χ0n) is 15.7. The van der Waals surface area contributed by atoms with E-state index in [1.165, 1.54) is 0 Å². The maximum absolute atomic E-state index is 13.1. The summed E-state index contributed by atoms with van der Waals surface area (Å²) in [5.74, 6) is 1.60. The largest absolute Gasteiger partial charge is 0.353 e. The van der Waals surface area contributed by atoms with Gasteiger partial charge in [0.15, 0.2) is 0 Å². The first-order valence-corrected chi connectivity index (χ1v) is 11.2. The molecule has 2 aromatic heterocycles. The molecule has 146 valence electrons. The molecule has 6 nitrogen and oxygen atoms in total. The number of hydrogen-bond acceptors (Lipinski definition) is 7. The second-order valence-corrected chi connectivity index (χ2v) is 8.29. The number of aromatic nitrogens is 2. The molecule has 29 heavy (non-hydrogen) atoms. The van der Waals surface area contributed by atoms with E-state index in [1.807, 2.05) is 40.1 Å². The molecule has 3 heterocycles. The molecule has 0 atom stereocenters. The lowest BCUT2D eigenvalue weighted by Gasteiger charge is -2.35. The Morgan fingerprint density at radius 2 is 2.00 bits per heavy atom. The van der Waals surface area contributed by atoms with Gasteiger partial charge < -0.3 is 9.80 Å². The van der Waals surface area contributed by atoms with E-state index in [2.05, 4.69) is 20.9 Å². The number of anilines is 1. The molecule has 1 aliphatic heterocycles. The molecule has 4 rings (SSSR count). The van der Waals surface area contributed by atoms with Crippen molar-refractivity contribution in [2.75, 3.05) is 31.1 Å². The molecule has 1 amide bonds. The number of thioether (sulfide) groups is 1. The average molecular weight is 422 g/mol. The summed E-state index contributed by atoms with van der Waals surface area (Å²) in [6, 6.07) is 13.4. The van der Waals surface area contributed by atoms with Crippen LogP contribution in [0.3, 0.4) is 0 Å². The molecule has 1 aromatic carbocycles. The highest BCUT2D eigenvalue weighted by Crippen LogP contribution is 2.27. The van der Waals surface area contributed by atoms with E-state index in [0.29, 0.717) is 31.7 Å². The predicted molar refractivity (Wildman–Crippen MR) is 115 cm³/mol. The van der Waals surface area contributed by atoms with Crippen LogP contribution in [0.5, 0.6) is 0 Å². The Labute approximate surface area is 177 Å². The highest BCUT2D eigenvalue weighted by Gasteiger charge is 2.24. The van der Waals surface area contributed by atoms with E-state index in [4.69, 9.17) is 5.26 Å². The SMILES string of the molecule is N#Cc1ccnc(N2CCN(C(=O)c3ccccc3SCc3cscn3)CC2)c1. The molecule has 0 radical (unpaired) electrons. The van der Waals surface area contributed by atoms with Crippen molar-refractivity contribution in [3.8, 4) is 6.07 Å². The topological polar surface area (TPSA) is 73.1 Å². The summed E-state index contributed by atoms with van der Waals surface area (Å²) in [5, 5.41) is 11.1. The molecule has 1 fully saturated rings. The minimum atomic E-state index is 0.0600. The van der Waals surface area contributed by atoms with E-state index in [1.54, 1.807) is 41.4 Å². The molecular formula is C21H19N5OS2. The van der Waals surface area contributed by atoms with Crippen molar-refractivity contribution in [1.82, 2.24) is 14.9 Å². The first-order valence-electron chi connectivity index (χ1n) is 9.24. The molecule has 0 unspecified atom stereocenters. The fraction of sp³-hybridized carbons (Fsp3) is 0.238. The van der Waals surface area contributed by atoms with Gasteiger partial charge in [-0.05, 0) is 24.3 Å². The molecule has 1 aliphatic rings. The molecule has 0 bridgehead atoms. The number of rotatable bonds is 5. The van der Waals surface area contributed by atoms with Crippen LogP contribution in [0.4, 0.5) is 5.82 Å². The van der Waals surface area contributed by atoms with Gasteiger partial charge in [-0.2, -0.15) is 5.26 Å². The lowest BCUT2D eigenvalue weighted by molar-refractivity contribution is 0.0743. The Morgan fingerprint density at radius 1 is 1.17 bits per heavy atom. The van der Waals surface area contributed by atoms with Gasteiger partial charge in [0.1, 0.15) is 5.82 Å². The first-order chi connectivity index (χ1) is 14.2. The van der Waals surface area contributed by atoms with Gasteiger partial charge in [-0.15, -0.1) is 23.1 Å². The number of amides is 1. The number of nitrogens with zero attached hydrogens (tertiary/aromatic N) is 5. The Morgan fingerprint density at radius 3 is 2.76 bits per heavy atom. The number of piperazine rings is 1. The standard InChI is InChI=1S/C21H19N5OS2/c22-12-16-5-6-23-20(11-16)25-7-9-26(10-8-25)21(27)18-3-1-2-4-19(18)29-14-17-13-28-15-24-17/h1-6,11,13,15H,7-10,14H2. The number of carbonyl (C=O) groups is 1. The average Bonchev–Trinajstić information content (AvgIpc) is 3.31. The molecule has 0 aliphatic carbocycles. The highest BCUT2D eigenvalue weighted by atomic mass is 32.2. The van der Waals surface area contributed by atoms with E-state index in [0.717, 1.165) is 27.7 Å². The van der Waals surface area contributed by atoms with Gasteiger partial charge >= 0.3 is 0 Å². The quantitative estimate of drug-likeness (QED) is 0.586. The van der Waals surface area contributed by atoms with Gasteiger partial charge in [0, 0.05) is 48.4 Å². The van der Waals surface area contributed by atoms with Gasteiger partial charge in [0.25, 0.3) is 5.91 Å². The zero-order chi connectivity index (χ0) is 20.1. The summed E-state index contributed by atoms with van der Waals surface area (Å²) in [6.45, 7) is 2.65. The predicted octanol–water partition coefficient (Wildman–Crippen LogP) is 3.66. The van der Waals surface area contributed by atoms with Crippen molar-refractivity contribution in [3.05, 3.63) is 70.3 Å². The van der Waals surface area contributed by atoms with Gasteiger partial charge in [-0.25, -0.2) is 9.97 Å². The van der Waals surface area contributed by atoms with Crippen LogP contribution in [-0.2, 0) is 5.75 Å². The van der Waals surface area contributed by atoms with Crippen LogP contribution in [0.1, 0.15) is 21.6 Å². The Bertz CT molecular complexity index is 1020. The Balaban J connectivity index is 1.41. The smallest absolute Gasteiger partial charge is 0.255 e. The summed E-state index contributed by atoms with van der Waals surface area (Å²) in [7, 11) is 0. The van der Waals surface area contributed by atoms with Crippen molar-refractivity contribution in [2.45, 2.75) is 10.6 Å². The van der Waals surface area contributed by atoms with E-state index in [9.17, 15) is 4.79 Å². The number of carbonyl (C=O) groups excluding carboxylic acids is 1. The molecule has 0 saturated carbocycles. The summed E-state index contributed by atoms with van der Waals surface area (Å²) < 4.78 is 0. The lowest BCUT2D eigenvalue weighted by Crippen LogP contribution is -2.49. The fourth-order valence-corrected chi connectivity index (χ4v) is 4.81. The number of pyridine rings is 1. The third-order valence-electron chi connectivity index (χ3n) is 4.74. The molecule has 0 spiro atoms. The van der Waals surface area contributed by atoms with Crippen molar-refractivity contribution in [2.24, 2.45) is 0 Å². The minimum Gasteiger partial charge on any atom is -0.353 e. The molecule has 0 N–H and O–H groups in total. The molecule has 3 aromatic rings. The normalized spacial score (nSPS) is 13.9. The molecule has 8 heteroatoms. The highest BCUT2D eigenvalue weighted by molar-refractivity contribution is 7.98. The maximum Gasteiger partial charge on any atom is 0.255 e. The van der Waals surface area contributed by atoms with Crippen molar-refractivity contribution >= 4 is 34.8 Å². The summed E-state index contributed by atoms with van der Waals surface area (Å²) in [5.41, 5.74) is 4.20. The summed E-state index contributed by atoms with van der Waals surface area (Å²) in [4.78, 5) is 26.8. The maximum atomic E-state index is 13.1. The van der Waals surface area contributed by atoms with Gasteiger partial charge in [0.05, 0.1) is 28.4 Å². The van der Waals surface area contributed by atoms with E-state index >= 15 is 0 Å². The fourth-order valence-electron chi connectivity index (χ4n) is 3.20. The Kier molecular flexibility index (Phi) is 6.08. The van der Waals surface area contributed by atoms with Crippen LogP contribution in [0.2, 0.25) is 0 Å². The van der Waals surface area contributed by atoms with Crippen molar-refractivity contribution in [1.29, 1.82) is 5.26 Å². The third kappa shape index (κ3) is 4.58. The van der Waals surface area contributed by atoms with Crippen LogP contribution < -0.4 is 4.90 Å². The van der Waals surface area contributed by atoms with Gasteiger partial charge in [-0.3, -0.25) is 4.79 Å². The number of nitriles is 1. The zero-order valence-corrected chi connectivity index (χ0v) is 17.3. The summed E-state index contributed by atoms with van der Waals surface area (Å²) >= 11 is 3.23. The number of benzene rings is 1. The first kappa shape index (κ1) is 19.4. The van der Waals surface area contributed by atoms with E-state index in [-0.39, 0.29) is 5.91 Å². The van der Waals surface area contributed by atoms with E-state index < -0.39 is 0 Å². The van der Waals surface area contributed by atoms with Crippen LogP contribution >= 0.6 is 23.1 Å². The minimum absolute atomic E-state index is 0.0600. The third-order valence-corrected chi connectivity index (χ3v) is 6.48. The van der Waals surface area contributed by atoms with Crippen molar-refractivity contribution < 1.29 is 4.79 Å². The van der Waals surface area contributed by atoms with Gasteiger partial charge in [0.2, 0.25) is 0 Å². The monoisotopic (exact) mass is 421 g/mol.